The molecule has 0 radical (unpaired) electrons. The van der Waals surface area contributed by atoms with Gasteiger partial charge in [0.15, 0.2) is 17.3 Å². The first kappa shape index (κ1) is 22.1. The molecule has 0 aliphatic rings. The Morgan fingerprint density at radius 3 is 2.72 bits per heavy atom. The lowest BCUT2D eigenvalue weighted by Crippen LogP contribution is -2.37. The first-order valence-electron chi connectivity index (χ1n) is 9.54. The number of para-hydroxylation sites is 1. The number of nitrogens with zero attached hydrogens (tertiary/aromatic N) is 1. The molecular weight excluding hydrogens is 469 g/mol. The molecular formula is C23H17Cl2N3O3S. The third kappa shape index (κ3) is 5.19. The van der Waals surface area contributed by atoms with Crippen LogP contribution in [0.15, 0.2) is 65.1 Å². The SMILES string of the molecule is Cc1ccc2nc(-c3cc(NC(=S)NC(=O)COc4ccccc4Cl)ccc3Cl)oc2c1. The minimum Gasteiger partial charge on any atom is -0.482 e. The molecule has 0 aliphatic heterocycles. The number of fused-ring (bicyclic) bond motifs is 1. The summed E-state index contributed by atoms with van der Waals surface area (Å²) in [5.74, 6) is 0.382. The van der Waals surface area contributed by atoms with Crippen LogP contribution in [0.4, 0.5) is 5.69 Å². The quantitative estimate of drug-likeness (QED) is 0.337. The van der Waals surface area contributed by atoms with Gasteiger partial charge in [0, 0.05) is 5.69 Å². The Balaban J connectivity index is 1.42. The van der Waals surface area contributed by atoms with E-state index < -0.39 is 5.91 Å². The van der Waals surface area contributed by atoms with E-state index in [9.17, 15) is 4.79 Å². The van der Waals surface area contributed by atoms with Crippen molar-refractivity contribution >= 4 is 63.2 Å². The van der Waals surface area contributed by atoms with E-state index in [1.165, 1.54) is 0 Å². The van der Waals surface area contributed by atoms with Gasteiger partial charge in [0.1, 0.15) is 11.3 Å². The minimum absolute atomic E-state index is 0.110. The summed E-state index contributed by atoms with van der Waals surface area (Å²) in [4.78, 5) is 16.6. The van der Waals surface area contributed by atoms with E-state index in [0.29, 0.717) is 38.5 Å². The molecule has 32 heavy (non-hydrogen) atoms. The lowest BCUT2D eigenvalue weighted by Gasteiger charge is -2.12. The summed E-state index contributed by atoms with van der Waals surface area (Å²) in [6.45, 7) is 1.74. The molecule has 0 aliphatic carbocycles. The molecule has 4 rings (SSSR count). The number of aromatic nitrogens is 1. The number of hydrogen-bond donors (Lipinski definition) is 2. The number of rotatable bonds is 5. The maximum absolute atomic E-state index is 12.1. The Hall–Kier alpha value is -3.13. The number of thiocarbonyl (C=S) groups is 1. The lowest BCUT2D eigenvalue weighted by atomic mass is 10.2. The summed E-state index contributed by atoms with van der Waals surface area (Å²) in [7, 11) is 0. The number of oxazole rings is 1. The first-order valence-corrected chi connectivity index (χ1v) is 10.7. The highest BCUT2D eigenvalue weighted by Gasteiger charge is 2.14. The van der Waals surface area contributed by atoms with Gasteiger partial charge in [0.25, 0.3) is 5.91 Å². The number of hydrogen-bond acceptors (Lipinski definition) is 5. The number of carbonyl (C=O) groups excluding carboxylic acids is 1. The minimum atomic E-state index is -0.425. The van der Waals surface area contributed by atoms with Gasteiger partial charge in [-0.15, -0.1) is 0 Å². The molecule has 0 bridgehead atoms. The van der Waals surface area contributed by atoms with Crippen molar-refractivity contribution in [1.29, 1.82) is 0 Å². The molecule has 4 aromatic rings. The van der Waals surface area contributed by atoms with E-state index in [4.69, 9.17) is 44.6 Å². The molecule has 1 heterocycles. The molecule has 1 aromatic heterocycles. The maximum atomic E-state index is 12.1. The molecule has 2 N–H and O–H groups in total. The van der Waals surface area contributed by atoms with Crippen molar-refractivity contribution in [3.05, 3.63) is 76.3 Å². The van der Waals surface area contributed by atoms with Crippen LogP contribution in [0.3, 0.4) is 0 Å². The summed E-state index contributed by atoms with van der Waals surface area (Å²) in [5.41, 5.74) is 3.69. The third-order valence-corrected chi connectivity index (χ3v) is 5.29. The van der Waals surface area contributed by atoms with Crippen LogP contribution in [0.1, 0.15) is 5.56 Å². The van der Waals surface area contributed by atoms with Crippen molar-refractivity contribution < 1.29 is 13.9 Å². The summed E-state index contributed by atoms with van der Waals surface area (Å²) < 4.78 is 11.3. The molecule has 0 spiro atoms. The Bertz CT molecular complexity index is 1320. The van der Waals surface area contributed by atoms with Crippen LogP contribution in [0.5, 0.6) is 5.75 Å². The van der Waals surface area contributed by atoms with Gasteiger partial charge in [-0.1, -0.05) is 41.4 Å². The van der Waals surface area contributed by atoms with Crippen molar-refractivity contribution in [2.75, 3.05) is 11.9 Å². The van der Waals surface area contributed by atoms with Gasteiger partial charge in [-0.25, -0.2) is 4.98 Å². The van der Waals surface area contributed by atoms with Crippen LogP contribution in [0.25, 0.3) is 22.6 Å². The zero-order valence-electron chi connectivity index (χ0n) is 16.8. The normalized spacial score (nSPS) is 10.7. The fourth-order valence-corrected chi connectivity index (χ4v) is 3.56. The van der Waals surface area contributed by atoms with E-state index in [1.54, 1.807) is 42.5 Å². The highest BCUT2D eigenvalue weighted by molar-refractivity contribution is 7.80. The molecule has 9 heteroatoms. The summed E-state index contributed by atoms with van der Waals surface area (Å²) >= 11 is 17.6. The highest BCUT2D eigenvalue weighted by atomic mass is 35.5. The van der Waals surface area contributed by atoms with Gasteiger partial charge in [0.05, 0.1) is 15.6 Å². The summed E-state index contributed by atoms with van der Waals surface area (Å²) in [5, 5.41) is 6.52. The molecule has 1 amide bonds. The number of nitrogens with one attached hydrogen (secondary N) is 2. The molecule has 0 saturated carbocycles. The maximum Gasteiger partial charge on any atom is 0.264 e. The number of amides is 1. The molecule has 162 valence electrons. The number of halogens is 2. The van der Waals surface area contributed by atoms with Gasteiger partial charge in [-0.05, 0) is 67.2 Å². The van der Waals surface area contributed by atoms with Crippen LogP contribution in [0, 0.1) is 6.92 Å². The second kappa shape index (κ2) is 9.56. The van der Waals surface area contributed by atoms with E-state index in [-0.39, 0.29) is 11.7 Å². The highest BCUT2D eigenvalue weighted by Crippen LogP contribution is 2.32. The van der Waals surface area contributed by atoms with E-state index in [1.807, 2.05) is 25.1 Å². The van der Waals surface area contributed by atoms with Crippen LogP contribution in [0.2, 0.25) is 10.0 Å². The monoisotopic (exact) mass is 485 g/mol. The van der Waals surface area contributed by atoms with Crippen molar-refractivity contribution in [3.63, 3.8) is 0 Å². The van der Waals surface area contributed by atoms with Gasteiger partial charge < -0.3 is 14.5 Å². The van der Waals surface area contributed by atoms with Crippen LogP contribution >= 0.6 is 35.4 Å². The van der Waals surface area contributed by atoms with Gasteiger partial charge in [-0.3, -0.25) is 10.1 Å². The van der Waals surface area contributed by atoms with Crippen molar-refractivity contribution in [2.24, 2.45) is 0 Å². The van der Waals surface area contributed by atoms with E-state index in [2.05, 4.69) is 15.6 Å². The zero-order chi connectivity index (χ0) is 22.7. The smallest absolute Gasteiger partial charge is 0.264 e. The Morgan fingerprint density at radius 1 is 1.09 bits per heavy atom. The summed E-state index contributed by atoms with van der Waals surface area (Å²) in [6, 6.07) is 17.8. The van der Waals surface area contributed by atoms with Crippen LogP contribution in [-0.4, -0.2) is 22.6 Å². The van der Waals surface area contributed by atoms with Gasteiger partial charge in [0.2, 0.25) is 5.89 Å². The van der Waals surface area contributed by atoms with Crippen molar-refractivity contribution in [1.82, 2.24) is 10.3 Å². The number of ether oxygens (including phenoxy) is 1. The standard InChI is InChI=1S/C23H17Cl2N3O3S/c1-13-6-9-18-20(10-13)31-22(27-18)15-11-14(7-8-16(15)24)26-23(32)28-21(29)12-30-19-5-3-2-4-17(19)25/h2-11H,12H2,1H3,(H2,26,28,29,32). The first-order chi connectivity index (χ1) is 15.4. The van der Waals surface area contributed by atoms with E-state index >= 15 is 0 Å². The molecule has 0 atom stereocenters. The average molecular weight is 486 g/mol. The van der Waals surface area contributed by atoms with Crippen molar-refractivity contribution in [3.8, 4) is 17.2 Å². The molecule has 3 aromatic carbocycles. The van der Waals surface area contributed by atoms with Crippen molar-refractivity contribution in [2.45, 2.75) is 6.92 Å². The number of aryl methyl sites for hydroxylation is 1. The fourth-order valence-electron chi connectivity index (χ4n) is 2.94. The Labute approximate surface area is 199 Å². The topological polar surface area (TPSA) is 76.4 Å². The van der Waals surface area contributed by atoms with Gasteiger partial charge >= 0.3 is 0 Å². The van der Waals surface area contributed by atoms with Crippen LogP contribution in [-0.2, 0) is 4.79 Å². The Morgan fingerprint density at radius 2 is 1.91 bits per heavy atom. The summed E-state index contributed by atoms with van der Waals surface area (Å²) in [6.07, 6.45) is 0. The predicted octanol–water partition coefficient (Wildman–Crippen LogP) is 6.00. The largest absolute Gasteiger partial charge is 0.482 e. The number of carbonyl (C=O) groups is 1. The zero-order valence-corrected chi connectivity index (χ0v) is 19.1. The number of benzene rings is 3. The predicted molar refractivity (Wildman–Crippen MR) is 131 cm³/mol. The lowest BCUT2D eigenvalue weighted by molar-refractivity contribution is -0.121. The molecule has 6 nitrogen and oxygen atoms in total. The Kier molecular flexibility index (Phi) is 6.60. The molecule has 0 fully saturated rings. The fraction of sp³-hybridized carbons (Fsp3) is 0.0870. The third-order valence-electron chi connectivity index (χ3n) is 4.45. The van der Waals surface area contributed by atoms with Gasteiger partial charge in [-0.2, -0.15) is 0 Å². The molecule has 0 saturated heterocycles. The second-order valence-electron chi connectivity index (χ2n) is 6.91. The number of anilines is 1. The van der Waals surface area contributed by atoms with Crippen LogP contribution < -0.4 is 15.4 Å². The average Bonchev–Trinajstić information content (AvgIpc) is 3.17. The molecule has 0 unspecified atom stereocenters. The second-order valence-corrected chi connectivity index (χ2v) is 8.13. The van der Waals surface area contributed by atoms with E-state index in [0.717, 1.165) is 11.1 Å².